The van der Waals surface area contributed by atoms with Gasteiger partial charge in [0.2, 0.25) is 5.91 Å². The van der Waals surface area contributed by atoms with Crippen LogP contribution in [-0.2, 0) is 11.2 Å². The molecule has 1 amide bonds. The standard InChI is InChI=1S/C15H16N4OS/c1-9(14-8-21-10(2)17-14)16-15(20)7-13-11-5-3-4-6-12(11)18-19-13/h3-6,8-9H,7H2,1-2H3,(H,16,20)(H,18,19)/t9-/m1/s1. The zero-order chi connectivity index (χ0) is 14.8. The van der Waals surface area contributed by atoms with Crippen molar-refractivity contribution < 1.29 is 4.79 Å². The van der Waals surface area contributed by atoms with Gasteiger partial charge >= 0.3 is 0 Å². The second-order valence-corrected chi connectivity index (χ2v) is 6.04. The minimum Gasteiger partial charge on any atom is -0.348 e. The second kappa shape index (κ2) is 5.65. The van der Waals surface area contributed by atoms with E-state index in [0.717, 1.165) is 27.3 Å². The summed E-state index contributed by atoms with van der Waals surface area (Å²) in [7, 11) is 0. The third-order valence-electron chi connectivity index (χ3n) is 3.34. The summed E-state index contributed by atoms with van der Waals surface area (Å²) in [5.41, 5.74) is 2.62. The van der Waals surface area contributed by atoms with E-state index < -0.39 is 0 Å². The molecule has 0 aliphatic carbocycles. The van der Waals surface area contributed by atoms with Crippen LogP contribution in [0, 0.1) is 6.92 Å². The Labute approximate surface area is 126 Å². The molecule has 108 valence electrons. The predicted octanol–water partition coefficient (Wildman–Crippen LogP) is 2.75. The summed E-state index contributed by atoms with van der Waals surface area (Å²) in [5, 5.41) is 14.1. The van der Waals surface area contributed by atoms with Crippen LogP contribution in [0.2, 0.25) is 0 Å². The number of para-hydroxylation sites is 1. The molecule has 1 aromatic carbocycles. The lowest BCUT2D eigenvalue weighted by molar-refractivity contribution is -0.121. The van der Waals surface area contributed by atoms with E-state index in [9.17, 15) is 4.79 Å². The number of hydrogen-bond acceptors (Lipinski definition) is 4. The maximum absolute atomic E-state index is 12.2. The monoisotopic (exact) mass is 300 g/mol. The van der Waals surface area contributed by atoms with Crippen molar-refractivity contribution in [2.75, 3.05) is 0 Å². The van der Waals surface area contributed by atoms with Gasteiger partial charge in [-0.15, -0.1) is 11.3 Å². The zero-order valence-electron chi connectivity index (χ0n) is 11.9. The van der Waals surface area contributed by atoms with Gasteiger partial charge in [-0.1, -0.05) is 18.2 Å². The van der Waals surface area contributed by atoms with Crippen molar-refractivity contribution in [3.63, 3.8) is 0 Å². The number of fused-ring (bicyclic) bond motifs is 1. The third-order valence-corrected chi connectivity index (χ3v) is 4.13. The number of nitrogens with one attached hydrogen (secondary N) is 2. The average molecular weight is 300 g/mol. The Morgan fingerprint density at radius 2 is 2.24 bits per heavy atom. The maximum Gasteiger partial charge on any atom is 0.226 e. The first-order valence-electron chi connectivity index (χ1n) is 6.77. The largest absolute Gasteiger partial charge is 0.348 e. The van der Waals surface area contributed by atoms with Crippen molar-refractivity contribution in [3.8, 4) is 0 Å². The van der Waals surface area contributed by atoms with Gasteiger partial charge in [0.05, 0.1) is 34.4 Å². The molecule has 2 aromatic heterocycles. The number of carbonyl (C=O) groups excluding carboxylic acids is 1. The Morgan fingerprint density at radius 1 is 1.43 bits per heavy atom. The second-order valence-electron chi connectivity index (χ2n) is 4.98. The molecule has 0 aliphatic rings. The quantitative estimate of drug-likeness (QED) is 0.778. The zero-order valence-corrected chi connectivity index (χ0v) is 12.7. The third kappa shape index (κ3) is 2.95. The number of amides is 1. The van der Waals surface area contributed by atoms with E-state index in [1.165, 1.54) is 0 Å². The molecule has 5 nitrogen and oxygen atoms in total. The number of benzene rings is 1. The van der Waals surface area contributed by atoms with Crippen molar-refractivity contribution in [1.29, 1.82) is 0 Å². The topological polar surface area (TPSA) is 70.7 Å². The summed E-state index contributed by atoms with van der Waals surface area (Å²) >= 11 is 1.59. The fraction of sp³-hybridized carbons (Fsp3) is 0.267. The number of carbonyl (C=O) groups is 1. The molecule has 0 aliphatic heterocycles. The maximum atomic E-state index is 12.2. The van der Waals surface area contributed by atoms with Crippen molar-refractivity contribution in [2.24, 2.45) is 0 Å². The summed E-state index contributed by atoms with van der Waals surface area (Å²) in [5.74, 6) is -0.0393. The highest BCUT2D eigenvalue weighted by atomic mass is 32.1. The van der Waals surface area contributed by atoms with Crippen LogP contribution < -0.4 is 5.32 Å². The summed E-state index contributed by atoms with van der Waals surface area (Å²) in [6.45, 7) is 3.90. The van der Waals surface area contributed by atoms with Crippen LogP contribution >= 0.6 is 11.3 Å². The van der Waals surface area contributed by atoms with Gasteiger partial charge < -0.3 is 5.32 Å². The lowest BCUT2D eigenvalue weighted by atomic mass is 10.1. The lowest BCUT2D eigenvalue weighted by Crippen LogP contribution is -2.28. The molecule has 1 atom stereocenters. The molecule has 0 bridgehead atoms. The van der Waals surface area contributed by atoms with Crippen molar-refractivity contribution in [3.05, 3.63) is 46.0 Å². The Bertz CT molecular complexity index is 777. The molecule has 0 saturated heterocycles. The lowest BCUT2D eigenvalue weighted by Gasteiger charge is -2.11. The van der Waals surface area contributed by atoms with Gasteiger partial charge in [-0.25, -0.2) is 4.98 Å². The van der Waals surface area contributed by atoms with E-state index in [-0.39, 0.29) is 18.4 Å². The molecule has 2 heterocycles. The van der Waals surface area contributed by atoms with Crippen molar-refractivity contribution >= 4 is 28.1 Å². The number of aromatic amines is 1. The molecular weight excluding hydrogens is 284 g/mol. The molecule has 0 fully saturated rings. The number of nitrogens with zero attached hydrogens (tertiary/aromatic N) is 2. The summed E-state index contributed by atoms with van der Waals surface area (Å²) in [4.78, 5) is 16.6. The van der Waals surface area contributed by atoms with Gasteiger partial charge in [0.15, 0.2) is 0 Å². The summed E-state index contributed by atoms with van der Waals surface area (Å²) in [6.07, 6.45) is 0.286. The molecule has 0 saturated carbocycles. The Balaban J connectivity index is 1.69. The first-order chi connectivity index (χ1) is 10.1. The van der Waals surface area contributed by atoms with E-state index in [4.69, 9.17) is 0 Å². The number of thiazole rings is 1. The molecule has 6 heteroatoms. The highest BCUT2D eigenvalue weighted by Gasteiger charge is 2.14. The van der Waals surface area contributed by atoms with Crippen LogP contribution in [0.3, 0.4) is 0 Å². The van der Waals surface area contributed by atoms with Crippen molar-refractivity contribution in [2.45, 2.75) is 26.3 Å². The first-order valence-corrected chi connectivity index (χ1v) is 7.65. The number of aryl methyl sites for hydroxylation is 1. The Kier molecular flexibility index (Phi) is 3.70. The summed E-state index contributed by atoms with van der Waals surface area (Å²) in [6, 6.07) is 7.68. The predicted molar refractivity (Wildman–Crippen MR) is 83.2 cm³/mol. The summed E-state index contributed by atoms with van der Waals surface area (Å²) < 4.78 is 0. The smallest absolute Gasteiger partial charge is 0.226 e. The van der Waals surface area contributed by atoms with Crippen molar-refractivity contribution in [1.82, 2.24) is 20.5 Å². The molecule has 2 N–H and O–H groups in total. The van der Waals surface area contributed by atoms with Gasteiger partial charge in [-0.05, 0) is 19.9 Å². The van der Waals surface area contributed by atoms with Gasteiger partial charge in [0.25, 0.3) is 0 Å². The van der Waals surface area contributed by atoms with Gasteiger partial charge in [-0.3, -0.25) is 9.89 Å². The van der Waals surface area contributed by atoms with Gasteiger partial charge in [-0.2, -0.15) is 5.10 Å². The molecule has 3 rings (SSSR count). The highest BCUT2D eigenvalue weighted by molar-refractivity contribution is 7.09. The van der Waals surface area contributed by atoms with Crippen LogP contribution in [0.1, 0.15) is 29.4 Å². The Hall–Kier alpha value is -2.21. The van der Waals surface area contributed by atoms with Crippen LogP contribution in [0.15, 0.2) is 29.6 Å². The number of hydrogen-bond donors (Lipinski definition) is 2. The van der Waals surface area contributed by atoms with Crippen LogP contribution in [0.25, 0.3) is 10.9 Å². The number of H-pyrrole nitrogens is 1. The highest BCUT2D eigenvalue weighted by Crippen LogP contribution is 2.17. The molecule has 21 heavy (non-hydrogen) atoms. The average Bonchev–Trinajstić information content (AvgIpc) is 3.06. The van der Waals surface area contributed by atoms with Crippen LogP contribution in [-0.4, -0.2) is 21.1 Å². The first kappa shape index (κ1) is 13.8. The SMILES string of the molecule is Cc1nc([C@@H](C)NC(=O)Cc2[nH]nc3ccccc23)cs1. The van der Waals surface area contributed by atoms with E-state index in [2.05, 4.69) is 20.5 Å². The van der Waals surface area contributed by atoms with E-state index in [0.29, 0.717) is 0 Å². The molecule has 0 unspecified atom stereocenters. The van der Waals surface area contributed by atoms with Gasteiger partial charge in [0.1, 0.15) is 0 Å². The molecular formula is C15H16N4OS. The van der Waals surface area contributed by atoms with Gasteiger partial charge in [0, 0.05) is 10.8 Å². The number of aromatic nitrogens is 3. The Morgan fingerprint density at radius 3 is 3.00 bits per heavy atom. The molecule has 0 radical (unpaired) electrons. The fourth-order valence-electron chi connectivity index (χ4n) is 2.26. The van der Waals surface area contributed by atoms with E-state index >= 15 is 0 Å². The van der Waals surface area contributed by atoms with Crippen LogP contribution in [0.5, 0.6) is 0 Å². The van der Waals surface area contributed by atoms with E-state index in [1.54, 1.807) is 11.3 Å². The fourth-order valence-corrected chi connectivity index (χ4v) is 2.96. The molecule has 3 aromatic rings. The normalized spacial score (nSPS) is 12.5. The molecule has 0 spiro atoms. The minimum atomic E-state index is -0.0864. The van der Waals surface area contributed by atoms with E-state index in [1.807, 2.05) is 43.5 Å². The van der Waals surface area contributed by atoms with Crippen LogP contribution in [0.4, 0.5) is 0 Å². The number of rotatable bonds is 4. The minimum absolute atomic E-state index is 0.0393.